The van der Waals surface area contributed by atoms with Crippen molar-refractivity contribution in [2.24, 2.45) is 0 Å². The third-order valence-corrected chi connectivity index (χ3v) is 6.54. The minimum atomic E-state index is -1.50. The maximum atomic E-state index is 14.1. The molecule has 0 spiro atoms. The minimum absolute atomic E-state index is 0.0151. The summed E-state index contributed by atoms with van der Waals surface area (Å²) in [6, 6.07) is 7.64. The number of piperidine rings is 1. The third kappa shape index (κ3) is 4.87. The molecule has 3 heterocycles. The molecule has 1 N–H and O–H groups in total. The molecule has 6 nitrogen and oxygen atoms in total. The number of nitrogens with zero attached hydrogens (tertiary/aromatic N) is 4. The van der Waals surface area contributed by atoms with E-state index in [1.807, 2.05) is 29.3 Å². The number of benzene rings is 1. The van der Waals surface area contributed by atoms with Gasteiger partial charge in [0.25, 0.3) is 0 Å². The van der Waals surface area contributed by atoms with Crippen molar-refractivity contribution in [3.63, 3.8) is 0 Å². The molecule has 1 saturated heterocycles. The van der Waals surface area contributed by atoms with Crippen molar-refractivity contribution < 1.29 is 18.7 Å². The van der Waals surface area contributed by atoms with Gasteiger partial charge in [0.1, 0.15) is 17.9 Å². The summed E-state index contributed by atoms with van der Waals surface area (Å²) in [6.07, 6.45) is 0.966. The second-order valence-corrected chi connectivity index (χ2v) is 9.29. The molecule has 3 aromatic rings. The lowest BCUT2D eigenvalue weighted by Crippen LogP contribution is -2.42. The average Bonchev–Trinajstić information content (AvgIpc) is 3.13. The van der Waals surface area contributed by atoms with Crippen molar-refractivity contribution in [2.75, 3.05) is 18.0 Å². The van der Waals surface area contributed by atoms with E-state index in [4.69, 9.17) is 10.1 Å². The van der Waals surface area contributed by atoms with Gasteiger partial charge < -0.3 is 14.6 Å². The number of hydrogen-bond donors (Lipinski definition) is 1. The molecule has 0 aliphatic carbocycles. The van der Waals surface area contributed by atoms with Crippen LogP contribution in [0.3, 0.4) is 0 Å². The Balaban J connectivity index is 1.59. The molecule has 1 aliphatic rings. The van der Waals surface area contributed by atoms with Gasteiger partial charge in [0.2, 0.25) is 0 Å². The van der Waals surface area contributed by atoms with Crippen LogP contribution in [0.25, 0.3) is 11.0 Å². The summed E-state index contributed by atoms with van der Waals surface area (Å²) in [5, 5.41) is 9.58. The second kappa shape index (κ2) is 9.44. The highest BCUT2D eigenvalue weighted by Gasteiger charge is 2.31. The molecule has 0 unspecified atom stereocenters. The van der Waals surface area contributed by atoms with Gasteiger partial charge in [0.05, 0.1) is 30.4 Å². The van der Waals surface area contributed by atoms with Crippen molar-refractivity contribution >= 4 is 34.5 Å². The van der Waals surface area contributed by atoms with Crippen LogP contribution < -0.4 is 4.90 Å². The second-order valence-electron chi connectivity index (χ2n) is 8.35. The fourth-order valence-corrected chi connectivity index (χ4v) is 4.73. The Morgan fingerprint density at radius 3 is 2.78 bits per heavy atom. The van der Waals surface area contributed by atoms with Crippen LogP contribution in [0, 0.1) is 0 Å². The topological polar surface area (TPSA) is 71.2 Å². The number of halogens is 2. The SMILES string of the molecule is CC(C)n1cc(N2CC[C@H](F)[C@H](F)C2)c2nc(SCc3cccc(CC(=O)O)c3)ncc21. The number of hydrogen-bond acceptors (Lipinski definition) is 5. The molecule has 2 aromatic heterocycles. The quantitative estimate of drug-likeness (QED) is 0.403. The fourth-order valence-electron chi connectivity index (χ4n) is 3.97. The monoisotopic (exact) mass is 460 g/mol. The zero-order valence-corrected chi connectivity index (χ0v) is 18.9. The number of thioether (sulfide) groups is 1. The first-order valence-corrected chi connectivity index (χ1v) is 11.6. The summed E-state index contributed by atoms with van der Waals surface area (Å²) in [6.45, 7) is 4.58. The van der Waals surface area contributed by atoms with Crippen LogP contribution in [-0.2, 0) is 17.0 Å². The van der Waals surface area contributed by atoms with E-state index in [0.29, 0.717) is 17.5 Å². The summed E-state index contributed by atoms with van der Waals surface area (Å²) in [5.41, 5.74) is 4.14. The summed E-state index contributed by atoms with van der Waals surface area (Å²) in [5.74, 6) is -0.267. The lowest BCUT2D eigenvalue weighted by Gasteiger charge is -2.32. The predicted octanol–water partition coefficient (Wildman–Crippen LogP) is 4.82. The van der Waals surface area contributed by atoms with E-state index in [1.165, 1.54) is 11.8 Å². The van der Waals surface area contributed by atoms with E-state index in [0.717, 1.165) is 27.8 Å². The number of aliphatic carboxylic acids is 1. The van der Waals surface area contributed by atoms with E-state index < -0.39 is 18.3 Å². The van der Waals surface area contributed by atoms with Crippen LogP contribution >= 0.6 is 11.8 Å². The molecule has 4 rings (SSSR count). The smallest absolute Gasteiger partial charge is 0.307 e. The number of aromatic nitrogens is 3. The Labute approximate surface area is 189 Å². The Hall–Kier alpha value is -2.68. The Morgan fingerprint density at radius 2 is 2.06 bits per heavy atom. The van der Waals surface area contributed by atoms with E-state index in [1.54, 1.807) is 12.3 Å². The van der Waals surface area contributed by atoms with Gasteiger partial charge in [-0.2, -0.15) is 0 Å². The Morgan fingerprint density at radius 1 is 1.28 bits per heavy atom. The molecule has 0 bridgehead atoms. The first kappa shape index (κ1) is 22.5. The highest BCUT2D eigenvalue weighted by molar-refractivity contribution is 7.98. The maximum Gasteiger partial charge on any atom is 0.307 e. The van der Waals surface area contributed by atoms with Crippen LogP contribution in [0.4, 0.5) is 14.5 Å². The molecular formula is C23H26F2N4O2S. The number of fused-ring (bicyclic) bond motifs is 1. The molecule has 1 fully saturated rings. The third-order valence-electron chi connectivity index (χ3n) is 5.60. The molecule has 0 saturated carbocycles. The summed E-state index contributed by atoms with van der Waals surface area (Å²) >= 11 is 1.46. The Kier molecular flexibility index (Phi) is 6.64. The molecule has 0 radical (unpaired) electrons. The Bertz CT molecular complexity index is 1120. The number of anilines is 1. The summed E-state index contributed by atoms with van der Waals surface area (Å²) in [4.78, 5) is 22.1. The zero-order chi connectivity index (χ0) is 22.8. The first-order valence-electron chi connectivity index (χ1n) is 10.6. The van der Waals surface area contributed by atoms with Crippen molar-refractivity contribution in [3.8, 4) is 0 Å². The van der Waals surface area contributed by atoms with Gasteiger partial charge >= 0.3 is 5.97 Å². The maximum absolute atomic E-state index is 14.1. The first-order chi connectivity index (χ1) is 15.3. The molecule has 9 heteroatoms. The van der Waals surface area contributed by atoms with Gasteiger partial charge in [0.15, 0.2) is 5.16 Å². The summed E-state index contributed by atoms with van der Waals surface area (Å²) < 4.78 is 29.8. The van der Waals surface area contributed by atoms with Gasteiger partial charge in [-0.05, 0) is 31.4 Å². The standard InChI is InChI=1S/C23H26F2N4O2S/c1-14(2)29-12-20(28-7-6-17(24)18(25)11-28)22-19(29)10-26-23(27-22)32-13-16-5-3-4-15(8-16)9-21(30)31/h3-5,8,10,12,14,17-18H,6-7,9,11,13H2,1-2H3,(H,30,31)/t17-,18+/m0/s1. The number of carboxylic acid groups (broad SMARTS) is 1. The van der Waals surface area contributed by atoms with Crippen LogP contribution in [0.2, 0.25) is 0 Å². The van der Waals surface area contributed by atoms with Crippen molar-refractivity contribution in [1.82, 2.24) is 14.5 Å². The molecule has 2 atom stereocenters. The van der Waals surface area contributed by atoms with E-state index in [2.05, 4.69) is 23.4 Å². The summed E-state index contributed by atoms with van der Waals surface area (Å²) in [7, 11) is 0. The molecule has 1 aliphatic heterocycles. The minimum Gasteiger partial charge on any atom is -0.481 e. The highest BCUT2D eigenvalue weighted by Crippen LogP contribution is 2.34. The van der Waals surface area contributed by atoms with Gasteiger partial charge in [-0.1, -0.05) is 36.0 Å². The number of carbonyl (C=O) groups is 1. The van der Waals surface area contributed by atoms with E-state index in [-0.39, 0.29) is 25.4 Å². The predicted molar refractivity (Wildman–Crippen MR) is 122 cm³/mol. The molecular weight excluding hydrogens is 434 g/mol. The van der Waals surface area contributed by atoms with E-state index in [9.17, 15) is 13.6 Å². The largest absolute Gasteiger partial charge is 0.481 e. The normalized spacial score (nSPS) is 19.1. The van der Waals surface area contributed by atoms with Gasteiger partial charge in [0, 0.05) is 24.5 Å². The zero-order valence-electron chi connectivity index (χ0n) is 18.0. The molecule has 0 amide bonds. The van der Waals surface area contributed by atoms with Gasteiger partial charge in [-0.15, -0.1) is 0 Å². The van der Waals surface area contributed by atoms with Crippen LogP contribution in [0.1, 0.15) is 37.4 Å². The molecule has 170 valence electrons. The van der Waals surface area contributed by atoms with Crippen LogP contribution in [-0.4, -0.2) is 51.0 Å². The number of alkyl halides is 2. The van der Waals surface area contributed by atoms with E-state index >= 15 is 0 Å². The van der Waals surface area contributed by atoms with Crippen molar-refractivity contribution in [1.29, 1.82) is 0 Å². The fraction of sp³-hybridized carbons (Fsp3) is 0.435. The van der Waals surface area contributed by atoms with Gasteiger partial charge in [-0.25, -0.2) is 18.7 Å². The van der Waals surface area contributed by atoms with Crippen molar-refractivity contribution in [3.05, 3.63) is 47.8 Å². The van der Waals surface area contributed by atoms with Crippen LogP contribution in [0.5, 0.6) is 0 Å². The lowest BCUT2D eigenvalue weighted by atomic mass is 10.1. The highest BCUT2D eigenvalue weighted by atomic mass is 32.2. The lowest BCUT2D eigenvalue weighted by molar-refractivity contribution is -0.136. The van der Waals surface area contributed by atoms with Gasteiger partial charge in [-0.3, -0.25) is 4.79 Å². The average molecular weight is 461 g/mol. The number of rotatable bonds is 7. The molecule has 1 aromatic carbocycles. The van der Waals surface area contributed by atoms with Crippen molar-refractivity contribution in [2.45, 2.75) is 56.0 Å². The molecule has 32 heavy (non-hydrogen) atoms. The van der Waals surface area contributed by atoms with Crippen LogP contribution in [0.15, 0.2) is 41.8 Å². The number of carboxylic acids is 1.